The Bertz CT molecular complexity index is 937. The van der Waals surface area contributed by atoms with Gasteiger partial charge in [-0.05, 0) is 48.9 Å². The van der Waals surface area contributed by atoms with Crippen molar-refractivity contribution in [2.24, 2.45) is 5.41 Å². The Morgan fingerprint density at radius 1 is 1.24 bits per heavy atom. The van der Waals surface area contributed by atoms with Crippen molar-refractivity contribution in [3.63, 3.8) is 0 Å². The molecule has 0 saturated heterocycles. The quantitative estimate of drug-likeness (QED) is 0.621. The van der Waals surface area contributed by atoms with E-state index in [0.717, 1.165) is 25.3 Å². The lowest BCUT2D eigenvalue weighted by Gasteiger charge is -2.70. The Kier molecular flexibility index (Phi) is 5.12. The van der Waals surface area contributed by atoms with Gasteiger partial charge in [0, 0.05) is 25.1 Å². The molecular weight excluding hydrogens is 401 g/mol. The second-order valence-electron chi connectivity index (χ2n) is 8.02. The lowest BCUT2D eigenvalue weighted by Crippen LogP contribution is -2.75. The van der Waals surface area contributed by atoms with E-state index in [1.807, 2.05) is 0 Å². The Morgan fingerprint density at radius 3 is 2.69 bits per heavy atom. The molecule has 29 heavy (non-hydrogen) atoms. The van der Waals surface area contributed by atoms with E-state index in [0.29, 0.717) is 24.5 Å². The Labute approximate surface area is 172 Å². The van der Waals surface area contributed by atoms with Gasteiger partial charge in [-0.2, -0.15) is 0 Å². The number of benzene rings is 1. The van der Waals surface area contributed by atoms with Crippen LogP contribution in [0.1, 0.15) is 42.0 Å². The van der Waals surface area contributed by atoms with Crippen molar-refractivity contribution in [1.29, 1.82) is 0 Å². The molecule has 1 aromatic carbocycles. The topological polar surface area (TPSA) is 77.8 Å². The van der Waals surface area contributed by atoms with E-state index in [1.165, 1.54) is 12.1 Å². The number of halogens is 2. The van der Waals surface area contributed by atoms with Gasteiger partial charge >= 0.3 is 0 Å². The van der Waals surface area contributed by atoms with Gasteiger partial charge in [0.15, 0.2) is 18.2 Å². The minimum Gasteiger partial charge on any atom is -0.484 e. The van der Waals surface area contributed by atoms with Gasteiger partial charge in [-0.15, -0.1) is 0 Å². The highest BCUT2D eigenvalue weighted by Gasteiger charge is 2.68. The number of hydrogen-bond donors (Lipinski definition) is 1. The van der Waals surface area contributed by atoms with Gasteiger partial charge in [-0.1, -0.05) is 11.6 Å². The number of methoxy groups -OCH3 is 1. The molecular formula is C21H21ClFNO5. The molecule has 1 N–H and O–H groups in total. The molecule has 0 aliphatic heterocycles. The van der Waals surface area contributed by atoms with Gasteiger partial charge in [0.2, 0.25) is 0 Å². The number of carbonyl (C=O) groups is 2. The first-order chi connectivity index (χ1) is 13.8. The van der Waals surface area contributed by atoms with Crippen molar-refractivity contribution < 1.29 is 27.9 Å². The standard InChI is InChI=1S/C21H21ClFNO5/c1-27-8-14-3-5-18(29-14)17(25)7-20-10-21(11-20,12-20)24-19(26)9-28-13-2-4-15(22)16(23)6-13/h2-6H,7-12H2,1H3,(H,24,26). The van der Waals surface area contributed by atoms with Crippen LogP contribution in [-0.4, -0.2) is 30.9 Å². The van der Waals surface area contributed by atoms with Gasteiger partial charge in [0.05, 0.1) is 5.02 Å². The van der Waals surface area contributed by atoms with Crippen LogP contribution >= 0.6 is 11.6 Å². The Hall–Kier alpha value is -2.38. The fraction of sp³-hybridized carbons (Fsp3) is 0.429. The number of Topliss-reactive ketones (excluding diaryl/α,β-unsaturated/α-hetero) is 1. The maximum atomic E-state index is 13.4. The van der Waals surface area contributed by atoms with Crippen LogP contribution in [0.25, 0.3) is 0 Å². The van der Waals surface area contributed by atoms with E-state index < -0.39 is 5.82 Å². The maximum absolute atomic E-state index is 13.4. The zero-order valence-electron chi connectivity index (χ0n) is 15.9. The van der Waals surface area contributed by atoms with Crippen molar-refractivity contribution in [2.45, 2.75) is 37.8 Å². The zero-order valence-corrected chi connectivity index (χ0v) is 16.7. The summed E-state index contributed by atoms with van der Waals surface area (Å²) in [4.78, 5) is 24.6. The molecule has 6 nitrogen and oxygen atoms in total. The van der Waals surface area contributed by atoms with Crippen LogP contribution in [-0.2, 0) is 16.1 Å². The summed E-state index contributed by atoms with van der Waals surface area (Å²) in [6.45, 7) is 0.127. The molecule has 0 radical (unpaired) electrons. The molecule has 0 atom stereocenters. The minimum atomic E-state index is -0.596. The zero-order chi connectivity index (χ0) is 20.6. The number of hydrogen-bond acceptors (Lipinski definition) is 5. The summed E-state index contributed by atoms with van der Waals surface area (Å²) in [5.74, 6) is 0.325. The van der Waals surface area contributed by atoms with Gasteiger partial charge < -0.3 is 19.2 Å². The number of carbonyl (C=O) groups excluding carboxylic acids is 2. The van der Waals surface area contributed by atoms with Crippen LogP contribution < -0.4 is 10.1 Å². The van der Waals surface area contributed by atoms with Crippen LogP contribution in [0.2, 0.25) is 5.02 Å². The molecule has 0 unspecified atom stereocenters. The van der Waals surface area contributed by atoms with Crippen molar-refractivity contribution in [3.05, 3.63) is 52.7 Å². The predicted molar refractivity (Wildman–Crippen MR) is 102 cm³/mol. The normalized spacial score (nSPS) is 24.4. The number of rotatable bonds is 9. The van der Waals surface area contributed by atoms with Gasteiger partial charge in [0.25, 0.3) is 5.91 Å². The highest BCUT2D eigenvalue weighted by molar-refractivity contribution is 6.30. The second-order valence-corrected chi connectivity index (χ2v) is 8.43. The SMILES string of the molecule is COCc1ccc(C(=O)CC23CC(NC(=O)COc4ccc(Cl)c(F)c4)(C2)C3)o1. The molecule has 1 aromatic heterocycles. The minimum absolute atomic E-state index is 0.0000162. The summed E-state index contributed by atoms with van der Waals surface area (Å²) < 4.78 is 29.2. The van der Waals surface area contributed by atoms with E-state index in [4.69, 9.17) is 25.5 Å². The molecule has 0 spiro atoms. The third kappa shape index (κ3) is 4.02. The highest BCUT2D eigenvalue weighted by Crippen LogP contribution is 2.69. The molecule has 2 aromatic rings. The summed E-state index contributed by atoms with van der Waals surface area (Å²) in [5.41, 5.74) is -0.310. The fourth-order valence-electron chi connectivity index (χ4n) is 4.54. The molecule has 1 heterocycles. The molecule has 3 aliphatic rings. The summed E-state index contributed by atoms with van der Waals surface area (Å²) in [7, 11) is 1.57. The lowest BCUT2D eigenvalue weighted by atomic mass is 9.38. The predicted octanol–water partition coefficient (Wildman–Crippen LogP) is 3.91. The number of ether oxygens (including phenoxy) is 2. The largest absolute Gasteiger partial charge is 0.484 e. The van der Waals surface area contributed by atoms with E-state index >= 15 is 0 Å². The van der Waals surface area contributed by atoms with Crippen molar-refractivity contribution in [1.82, 2.24) is 5.32 Å². The molecule has 3 saturated carbocycles. The van der Waals surface area contributed by atoms with Gasteiger partial charge in [-0.3, -0.25) is 9.59 Å². The van der Waals surface area contributed by atoms with Crippen LogP contribution in [0.3, 0.4) is 0 Å². The van der Waals surface area contributed by atoms with Gasteiger partial charge in [-0.25, -0.2) is 4.39 Å². The number of furan rings is 1. The number of ketones is 1. The molecule has 2 bridgehead atoms. The molecule has 154 valence electrons. The average Bonchev–Trinajstić information content (AvgIpc) is 3.09. The molecule has 8 heteroatoms. The molecule has 5 rings (SSSR count). The van der Waals surface area contributed by atoms with E-state index in [-0.39, 0.29) is 40.0 Å². The van der Waals surface area contributed by atoms with E-state index in [2.05, 4.69) is 5.32 Å². The van der Waals surface area contributed by atoms with E-state index in [1.54, 1.807) is 19.2 Å². The first-order valence-corrected chi connectivity index (χ1v) is 9.70. The first-order valence-electron chi connectivity index (χ1n) is 9.32. The summed E-state index contributed by atoms with van der Waals surface area (Å²) in [6.07, 6.45) is 2.70. The Morgan fingerprint density at radius 2 is 2.00 bits per heavy atom. The summed E-state index contributed by atoms with van der Waals surface area (Å²) >= 11 is 5.62. The summed E-state index contributed by atoms with van der Waals surface area (Å²) in [5, 5.41) is 2.98. The number of amides is 1. The highest BCUT2D eigenvalue weighted by atomic mass is 35.5. The van der Waals surface area contributed by atoms with Crippen molar-refractivity contribution in [2.75, 3.05) is 13.7 Å². The number of nitrogens with one attached hydrogen (secondary N) is 1. The average molecular weight is 422 g/mol. The maximum Gasteiger partial charge on any atom is 0.258 e. The fourth-order valence-corrected chi connectivity index (χ4v) is 4.66. The first kappa shape index (κ1) is 19.9. The Balaban J connectivity index is 1.22. The van der Waals surface area contributed by atoms with Gasteiger partial charge in [0.1, 0.15) is 23.9 Å². The third-order valence-electron chi connectivity index (χ3n) is 5.56. The van der Waals surface area contributed by atoms with Crippen LogP contribution in [0.5, 0.6) is 5.75 Å². The van der Waals surface area contributed by atoms with Crippen molar-refractivity contribution in [3.8, 4) is 5.75 Å². The molecule has 3 aliphatic carbocycles. The lowest BCUT2D eigenvalue weighted by molar-refractivity contribution is -0.164. The molecule has 3 fully saturated rings. The second kappa shape index (κ2) is 7.46. The van der Waals surface area contributed by atoms with Crippen LogP contribution in [0, 0.1) is 11.2 Å². The third-order valence-corrected chi connectivity index (χ3v) is 5.87. The monoisotopic (exact) mass is 421 g/mol. The molecule has 1 amide bonds. The van der Waals surface area contributed by atoms with Crippen LogP contribution in [0.15, 0.2) is 34.7 Å². The smallest absolute Gasteiger partial charge is 0.258 e. The van der Waals surface area contributed by atoms with Crippen LogP contribution in [0.4, 0.5) is 4.39 Å². The van der Waals surface area contributed by atoms with E-state index in [9.17, 15) is 14.0 Å². The van der Waals surface area contributed by atoms with Crippen molar-refractivity contribution >= 4 is 23.3 Å². The summed E-state index contributed by atoms with van der Waals surface area (Å²) in [6, 6.07) is 7.45.